The number of hydrogen-bond acceptors (Lipinski definition) is 7. The molecule has 2 amide bonds. The molecule has 0 saturated carbocycles. The first-order valence-corrected chi connectivity index (χ1v) is 10.7. The number of nitrogens with zero attached hydrogens (tertiary/aromatic N) is 1. The molecule has 1 aliphatic heterocycles. The zero-order chi connectivity index (χ0) is 22.7. The predicted octanol–water partition coefficient (Wildman–Crippen LogP) is 4.17. The van der Waals surface area contributed by atoms with Crippen LogP contribution in [0.1, 0.15) is 10.4 Å². The van der Waals surface area contributed by atoms with Gasteiger partial charge in [-0.2, -0.15) is 0 Å². The quantitative estimate of drug-likeness (QED) is 0.519. The Labute approximate surface area is 189 Å². The normalized spacial score (nSPS) is 13.5. The third kappa shape index (κ3) is 3.92. The van der Waals surface area contributed by atoms with Crippen LogP contribution in [0.2, 0.25) is 0 Å². The van der Waals surface area contributed by atoms with Gasteiger partial charge < -0.3 is 19.5 Å². The van der Waals surface area contributed by atoms with Crippen LogP contribution in [0.4, 0.5) is 5.69 Å². The van der Waals surface area contributed by atoms with Gasteiger partial charge in [0.05, 0.1) is 39.1 Å². The summed E-state index contributed by atoms with van der Waals surface area (Å²) in [4.78, 5) is 28.8. The van der Waals surface area contributed by atoms with E-state index in [0.717, 1.165) is 5.56 Å². The second-order valence-electron chi connectivity index (χ2n) is 6.93. The fraction of sp³-hybridized carbons (Fsp3) is 0.167. The zero-order valence-electron chi connectivity index (χ0n) is 17.9. The first-order chi connectivity index (χ1) is 15.6. The smallest absolute Gasteiger partial charge is 0.278 e. The van der Waals surface area contributed by atoms with Crippen LogP contribution in [0.5, 0.6) is 17.2 Å². The zero-order valence-corrected chi connectivity index (χ0v) is 18.7. The van der Waals surface area contributed by atoms with E-state index in [2.05, 4.69) is 5.32 Å². The fourth-order valence-electron chi connectivity index (χ4n) is 3.54. The molecule has 1 N–H and O–H groups in total. The van der Waals surface area contributed by atoms with Crippen molar-refractivity contribution in [1.29, 1.82) is 0 Å². The second-order valence-corrected chi connectivity index (χ2v) is 7.87. The van der Waals surface area contributed by atoms with Gasteiger partial charge in [0.2, 0.25) is 0 Å². The maximum atomic E-state index is 13.5. The largest absolute Gasteiger partial charge is 0.497 e. The molecule has 1 aromatic heterocycles. The van der Waals surface area contributed by atoms with Crippen molar-refractivity contribution in [2.24, 2.45) is 0 Å². The number of carbonyl (C=O) groups is 2. The van der Waals surface area contributed by atoms with Crippen LogP contribution < -0.4 is 19.5 Å². The van der Waals surface area contributed by atoms with E-state index in [1.54, 1.807) is 38.5 Å². The highest BCUT2D eigenvalue weighted by molar-refractivity contribution is 7.11. The van der Waals surface area contributed by atoms with E-state index >= 15 is 0 Å². The van der Waals surface area contributed by atoms with Gasteiger partial charge in [-0.3, -0.25) is 14.5 Å². The maximum Gasteiger partial charge on any atom is 0.278 e. The number of methoxy groups -OCH3 is 3. The van der Waals surface area contributed by atoms with Crippen molar-refractivity contribution in [2.75, 3.05) is 26.6 Å². The predicted molar refractivity (Wildman–Crippen MR) is 123 cm³/mol. The second kappa shape index (κ2) is 9.15. The van der Waals surface area contributed by atoms with Crippen LogP contribution in [-0.2, 0) is 16.1 Å². The third-order valence-electron chi connectivity index (χ3n) is 5.12. The van der Waals surface area contributed by atoms with E-state index < -0.39 is 5.91 Å². The van der Waals surface area contributed by atoms with Gasteiger partial charge in [0.1, 0.15) is 22.9 Å². The molecular formula is C24H22N2O5S. The van der Waals surface area contributed by atoms with Crippen molar-refractivity contribution in [3.63, 3.8) is 0 Å². The Bertz CT molecular complexity index is 1190. The van der Waals surface area contributed by atoms with E-state index in [1.807, 2.05) is 35.7 Å². The van der Waals surface area contributed by atoms with Crippen molar-refractivity contribution >= 4 is 34.4 Å². The number of hydrogen-bond donors (Lipinski definition) is 1. The Morgan fingerprint density at radius 2 is 1.66 bits per heavy atom. The number of ether oxygens (including phenoxy) is 3. The molecular weight excluding hydrogens is 428 g/mol. The molecule has 0 fully saturated rings. The topological polar surface area (TPSA) is 77.1 Å². The highest BCUT2D eigenvalue weighted by atomic mass is 32.1. The molecule has 0 aliphatic carbocycles. The summed E-state index contributed by atoms with van der Waals surface area (Å²) in [5.74, 6) is 0.935. The van der Waals surface area contributed by atoms with Crippen molar-refractivity contribution in [2.45, 2.75) is 6.54 Å². The summed E-state index contributed by atoms with van der Waals surface area (Å²) in [6.45, 7) is 0.0942. The van der Waals surface area contributed by atoms with E-state index in [0.29, 0.717) is 33.4 Å². The van der Waals surface area contributed by atoms with Crippen LogP contribution in [-0.4, -0.2) is 38.0 Å². The lowest BCUT2D eigenvalue weighted by molar-refractivity contribution is -0.137. The molecule has 2 aromatic carbocycles. The van der Waals surface area contributed by atoms with Crippen molar-refractivity contribution in [3.05, 3.63) is 76.1 Å². The van der Waals surface area contributed by atoms with Gasteiger partial charge in [-0.15, -0.1) is 11.3 Å². The SMILES string of the molecule is COc1ccc(OC)c(NC2=C(c3cccs3)C(=O)N(Cc3ccccc3OC)C2=O)c1. The van der Waals surface area contributed by atoms with Crippen LogP contribution in [0.15, 0.2) is 65.7 Å². The minimum absolute atomic E-state index is 0.0942. The summed E-state index contributed by atoms with van der Waals surface area (Å²) >= 11 is 1.40. The molecule has 4 rings (SSSR count). The van der Waals surface area contributed by atoms with Crippen molar-refractivity contribution < 1.29 is 23.8 Å². The third-order valence-corrected chi connectivity index (χ3v) is 6.01. The summed E-state index contributed by atoms with van der Waals surface area (Å²) in [6, 6.07) is 16.2. The van der Waals surface area contributed by atoms with Gasteiger partial charge >= 0.3 is 0 Å². The first kappa shape index (κ1) is 21.5. The lowest BCUT2D eigenvalue weighted by Gasteiger charge is -2.17. The Morgan fingerprint density at radius 3 is 2.34 bits per heavy atom. The summed E-state index contributed by atoms with van der Waals surface area (Å²) in [7, 11) is 4.65. The van der Waals surface area contributed by atoms with Gasteiger partial charge in [-0.25, -0.2) is 0 Å². The summed E-state index contributed by atoms with van der Waals surface area (Å²) in [6.07, 6.45) is 0. The minimum Gasteiger partial charge on any atom is -0.497 e. The fourth-order valence-corrected chi connectivity index (χ4v) is 4.30. The average molecular weight is 451 g/mol. The number of rotatable bonds is 8. The molecule has 0 unspecified atom stereocenters. The van der Waals surface area contributed by atoms with Gasteiger partial charge in [0.25, 0.3) is 11.8 Å². The molecule has 7 nitrogen and oxygen atoms in total. The van der Waals surface area contributed by atoms with Gasteiger partial charge in [-0.05, 0) is 29.6 Å². The van der Waals surface area contributed by atoms with Gasteiger partial charge in [0.15, 0.2) is 0 Å². The number of imide groups is 1. The minimum atomic E-state index is -0.422. The summed E-state index contributed by atoms with van der Waals surface area (Å²) < 4.78 is 16.1. The lowest BCUT2D eigenvalue weighted by atomic mass is 10.1. The average Bonchev–Trinajstić information content (AvgIpc) is 3.42. The molecule has 164 valence electrons. The number of nitrogens with one attached hydrogen (secondary N) is 1. The monoisotopic (exact) mass is 450 g/mol. The molecule has 0 atom stereocenters. The number of para-hydroxylation sites is 1. The molecule has 0 radical (unpaired) electrons. The van der Waals surface area contributed by atoms with Crippen LogP contribution in [0.3, 0.4) is 0 Å². The molecule has 0 saturated heterocycles. The summed E-state index contributed by atoms with van der Waals surface area (Å²) in [5, 5.41) is 5.00. The van der Waals surface area contributed by atoms with E-state index in [-0.39, 0.29) is 18.1 Å². The Hall–Kier alpha value is -3.78. The van der Waals surface area contributed by atoms with Crippen molar-refractivity contribution in [1.82, 2.24) is 4.90 Å². The van der Waals surface area contributed by atoms with Gasteiger partial charge in [0, 0.05) is 16.5 Å². The maximum absolute atomic E-state index is 13.5. The Kier molecular flexibility index (Phi) is 6.13. The molecule has 8 heteroatoms. The van der Waals surface area contributed by atoms with E-state index in [4.69, 9.17) is 14.2 Å². The number of anilines is 1. The van der Waals surface area contributed by atoms with E-state index in [9.17, 15) is 9.59 Å². The Balaban J connectivity index is 1.75. The van der Waals surface area contributed by atoms with Gasteiger partial charge in [-0.1, -0.05) is 24.3 Å². The standard InChI is InChI=1S/C24H22N2O5S/c1-29-16-10-11-19(31-3)17(13-16)25-22-21(20-9-6-12-32-20)23(27)26(24(22)28)14-15-7-4-5-8-18(15)30-2/h4-13,25H,14H2,1-3H3. The summed E-state index contributed by atoms with van der Waals surface area (Å²) in [5.41, 5.74) is 1.78. The van der Waals surface area contributed by atoms with Crippen LogP contribution in [0, 0.1) is 0 Å². The van der Waals surface area contributed by atoms with Crippen LogP contribution in [0.25, 0.3) is 5.57 Å². The highest BCUT2D eigenvalue weighted by Crippen LogP contribution is 2.37. The lowest BCUT2D eigenvalue weighted by Crippen LogP contribution is -2.32. The molecule has 1 aliphatic rings. The Morgan fingerprint density at radius 1 is 0.875 bits per heavy atom. The highest BCUT2D eigenvalue weighted by Gasteiger charge is 2.40. The number of thiophene rings is 1. The number of carbonyl (C=O) groups excluding carboxylic acids is 2. The first-order valence-electron chi connectivity index (χ1n) is 9.82. The van der Waals surface area contributed by atoms with Crippen LogP contribution >= 0.6 is 11.3 Å². The molecule has 2 heterocycles. The number of benzene rings is 2. The number of amides is 2. The molecule has 3 aromatic rings. The van der Waals surface area contributed by atoms with E-state index in [1.165, 1.54) is 23.3 Å². The van der Waals surface area contributed by atoms with Crippen molar-refractivity contribution in [3.8, 4) is 17.2 Å². The molecule has 0 spiro atoms. The molecule has 0 bridgehead atoms. The molecule has 32 heavy (non-hydrogen) atoms.